The Labute approximate surface area is 116 Å². The molecule has 2 atom stereocenters. The number of carbonyl (C=O) groups is 1. The second kappa shape index (κ2) is 3.53. The van der Waals surface area contributed by atoms with E-state index in [4.69, 9.17) is 12.2 Å². The lowest BCUT2D eigenvalue weighted by atomic mass is 10.2. The molecule has 1 aromatic heterocycles. The maximum Gasteiger partial charge on any atom is 0.181 e. The van der Waals surface area contributed by atoms with Crippen molar-refractivity contribution in [3.63, 3.8) is 0 Å². The number of hydrogen-bond acceptors (Lipinski definition) is 4. The Kier molecular flexibility index (Phi) is 2.52. The molecule has 78 valence electrons. The van der Waals surface area contributed by atoms with Gasteiger partial charge in [0, 0.05) is 5.56 Å². The summed E-state index contributed by atoms with van der Waals surface area (Å²) in [6.07, 6.45) is 0. The fourth-order valence-electron chi connectivity index (χ4n) is 1.89. The van der Waals surface area contributed by atoms with Gasteiger partial charge in [-0.15, -0.1) is 11.3 Å². The summed E-state index contributed by atoms with van der Waals surface area (Å²) in [7, 11) is 0. The Morgan fingerprint density at radius 3 is 2.80 bits per heavy atom. The van der Waals surface area contributed by atoms with Crippen molar-refractivity contribution in [2.75, 3.05) is 0 Å². The summed E-state index contributed by atoms with van der Waals surface area (Å²) < 4.78 is 2.65. The molecule has 1 aliphatic heterocycles. The molecule has 1 N–H and O–H groups in total. The minimum atomic E-state index is -0.0662. The van der Waals surface area contributed by atoms with Crippen LogP contribution in [0, 0.1) is 0 Å². The van der Waals surface area contributed by atoms with Crippen LogP contribution in [0.2, 0.25) is 0 Å². The van der Waals surface area contributed by atoms with Crippen molar-refractivity contribution in [1.82, 2.24) is 5.32 Å². The molecule has 0 radical (unpaired) electrons. The molecule has 1 aliphatic carbocycles. The summed E-state index contributed by atoms with van der Waals surface area (Å²) in [6, 6.07) is 0.0573. The molecule has 0 unspecified atom stereocenters. The van der Waals surface area contributed by atoms with Crippen LogP contribution in [0.4, 0.5) is 0 Å². The molecule has 0 amide bonds. The van der Waals surface area contributed by atoms with Gasteiger partial charge in [-0.25, -0.2) is 0 Å². The number of carbonyl (C=O) groups excluding carboxylic acids is 1. The lowest BCUT2D eigenvalue weighted by Crippen LogP contribution is -2.20. The van der Waals surface area contributed by atoms with E-state index in [1.807, 2.05) is 0 Å². The van der Waals surface area contributed by atoms with Gasteiger partial charge in [-0.2, -0.15) is 0 Å². The highest BCUT2D eigenvalue weighted by Gasteiger charge is 2.48. The molecule has 0 spiro atoms. The fraction of sp³-hybridized carbons (Fsp3) is 0.250. The zero-order valence-corrected chi connectivity index (χ0v) is 12.7. The quantitative estimate of drug-likeness (QED) is 0.693. The van der Waals surface area contributed by atoms with E-state index in [-0.39, 0.29) is 17.1 Å². The van der Waals surface area contributed by atoms with Crippen molar-refractivity contribution < 1.29 is 4.79 Å². The first-order valence-electron chi connectivity index (χ1n) is 4.08. The van der Waals surface area contributed by atoms with Gasteiger partial charge in [-0.3, -0.25) is 4.79 Å². The zero-order valence-electron chi connectivity index (χ0n) is 7.04. The Morgan fingerprint density at radius 2 is 2.07 bits per heavy atom. The summed E-state index contributed by atoms with van der Waals surface area (Å²) in [5.74, 6) is 0.182. The van der Waals surface area contributed by atoms with E-state index in [9.17, 15) is 4.79 Å². The van der Waals surface area contributed by atoms with Crippen LogP contribution in [0.5, 0.6) is 0 Å². The maximum atomic E-state index is 12.1. The average Bonchev–Trinajstić information content (AvgIpc) is 2.71. The number of hydrogen-bond donors (Lipinski definition) is 1. The molecule has 2 nitrogen and oxygen atoms in total. The van der Waals surface area contributed by atoms with Crippen LogP contribution >= 0.6 is 67.2 Å². The summed E-state index contributed by atoms with van der Waals surface area (Å²) >= 11 is 15.0. The Morgan fingerprint density at radius 1 is 1.33 bits per heavy atom. The predicted octanol–water partition coefficient (Wildman–Crippen LogP) is 3.50. The van der Waals surface area contributed by atoms with E-state index < -0.39 is 0 Å². The minimum absolute atomic E-state index is 0.0573. The predicted molar refractivity (Wildman–Crippen MR) is 73.9 cm³/mol. The van der Waals surface area contributed by atoms with E-state index in [1.165, 1.54) is 11.8 Å². The van der Waals surface area contributed by atoms with Gasteiger partial charge in [-0.1, -0.05) is 24.0 Å². The molecule has 2 heterocycles. The normalized spacial score (nSPS) is 27.9. The molecule has 1 saturated heterocycles. The summed E-state index contributed by atoms with van der Waals surface area (Å²) in [5, 5.41) is 3.12. The highest BCUT2D eigenvalue weighted by Crippen LogP contribution is 2.51. The lowest BCUT2D eigenvalue weighted by Gasteiger charge is -2.07. The molecule has 7 heteroatoms. The van der Waals surface area contributed by atoms with Crippen LogP contribution in [-0.2, 0) is 0 Å². The molecule has 1 aromatic rings. The molecular formula is C8H3Br2NOS3. The van der Waals surface area contributed by atoms with E-state index in [2.05, 4.69) is 37.2 Å². The molecule has 0 saturated carbocycles. The molecule has 3 rings (SSSR count). The SMILES string of the molecule is O=C1c2c(Br)sc(Br)c2[C@H]2NC(=S)S[C@@H]12. The van der Waals surface area contributed by atoms with Gasteiger partial charge in [0.2, 0.25) is 0 Å². The standard InChI is InChI=1S/C8H3Br2NOS3/c9-6-1-2(7(10)15-6)4(12)5-3(1)11-8(13)14-5/h3,5H,(H,11,13)/t3-,5-/m1/s1. The smallest absolute Gasteiger partial charge is 0.181 e. The average molecular weight is 385 g/mol. The van der Waals surface area contributed by atoms with Gasteiger partial charge in [0.15, 0.2) is 5.78 Å². The van der Waals surface area contributed by atoms with Crippen molar-refractivity contribution in [3.05, 3.63) is 18.7 Å². The van der Waals surface area contributed by atoms with Gasteiger partial charge in [0.1, 0.15) is 4.32 Å². The first-order chi connectivity index (χ1) is 7.09. The number of halogens is 2. The van der Waals surface area contributed by atoms with Gasteiger partial charge >= 0.3 is 0 Å². The van der Waals surface area contributed by atoms with Gasteiger partial charge in [0.25, 0.3) is 0 Å². The van der Waals surface area contributed by atoms with Crippen LogP contribution in [0.3, 0.4) is 0 Å². The number of thiophene rings is 1. The summed E-state index contributed by atoms with van der Waals surface area (Å²) in [6.45, 7) is 0. The van der Waals surface area contributed by atoms with Crippen LogP contribution < -0.4 is 5.32 Å². The number of nitrogens with one attached hydrogen (secondary N) is 1. The largest absolute Gasteiger partial charge is 0.362 e. The highest BCUT2D eigenvalue weighted by molar-refractivity contribution is 9.12. The van der Waals surface area contributed by atoms with Crippen LogP contribution in [-0.4, -0.2) is 15.4 Å². The number of rotatable bonds is 0. The Bertz CT molecular complexity index is 498. The molecule has 2 aliphatic rings. The van der Waals surface area contributed by atoms with Crippen LogP contribution in [0.1, 0.15) is 22.0 Å². The van der Waals surface area contributed by atoms with Crippen molar-refractivity contribution in [1.29, 1.82) is 0 Å². The second-order valence-electron chi connectivity index (χ2n) is 3.25. The van der Waals surface area contributed by atoms with E-state index >= 15 is 0 Å². The molecule has 15 heavy (non-hydrogen) atoms. The highest BCUT2D eigenvalue weighted by atomic mass is 79.9. The third kappa shape index (κ3) is 1.40. The van der Waals surface area contributed by atoms with E-state index in [0.717, 1.165) is 23.0 Å². The third-order valence-corrected chi connectivity index (χ3v) is 6.54. The van der Waals surface area contributed by atoms with Crippen molar-refractivity contribution in [2.45, 2.75) is 11.3 Å². The number of thioether (sulfide) groups is 1. The fourth-order valence-corrected chi connectivity index (χ4v) is 6.60. The molecular weight excluding hydrogens is 382 g/mol. The summed E-state index contributed by atoms with van der Waals surface area (Å²) in [4.78, 5) is 12.1. The number of ketones is 1. The molecule has 0 bridgehead atoms. The lowest BCUT2D eigenvalue weighted by molar-refractivity contribution is 0.0995. The van der Waals surface area contributed by atoms with Gasteiger partial charge < -0.3 is 5.32 Å². The minimum Gasteiger partial charge on any atom is -0.362 e. The Hall–Kier alpha value is 0.570. The van der Waals surface area contributed by atoms with E-state index in [1.54, 1.807) is 11.3 Å². The first-order valence-corrected chi connectivity index (χ1v) is 7.77. The van der Waals surface area contributed by atoms with Crippen LogP contribution in [0.25, 0.3) is 0 Å². The Balaban J connectivity index is 2.21. The van der Waals surface area contributed by atoms with Gasteiger partial charge in [0.05, 0.1) is 24.4 Å². The van der Waals surface area contributed by atoms with Crippen molar-refractivity contribution >= 4 is 77.3 Å². The first kappa shape index (κ1) is 10.7. The molecule has 1 fully saturated rings. The van der Waals surface area contributed by atoms with Gasteiger partial charge in [-0.05, 0) is 31.9 Å². The van der Waals surface area contributed by atoms with E-state index in [0.29, 0.717) is 0 Å². The molecule has 0 aromatic carbocycles. The monoisotopic (exact) mass is 383 g/mol. The number of fused-ring (bicyclic) bond motifs is 3. The topological polar surface area (TPSA) is 29.1 Å². The number of thiocarbonyl (C=S) groups is 1. The second-order valence-corrected chi connectivity index (χ2v) is 8.73. The third-order valence-electron chi connectivity index (χ3n) is 2.48. The van der Waals surface area contributed by atoms with Crippen molar-refractivity contribution in [3.8, 4) is 0 Å². The summed E-state index contributed by atoms with van der Waals surface area (Å²) in [5.41, 5.74) is 1.89. The maximum absolute atomic E-state index is 12.1. The van der Waals surface area contributed by atoms with Crippen LogP contribution in [0.15, 0.2) is 7.57 Å². The zero-order chi connectivity index (χ0) is 10.7. The number of Topliss-reactive ketones (excluding diaryl/α,β-unsaturated/α-hetero) is 1. The van der Waals surface area contributed by atoms with Crippen molar-refractivity contribution in [2.24, 2.45) is 0 Å².